The number of nitrogens with one attached hydrogen (secondary N) is 2. The fourth-order valence-electron chi connectivity index (χ4n) is 3.97. The molecular weight excluding hydrogens is 430 g/mol. The van der Waals surface area contributed by atoms with Gasteiger partial charge in [0.05, 0.1) is 33.1 Å². The van der Waals surface area contributed by atoms with Gasteiger partial charge in [-0.1, -0.05) is 6.92 Å². The highest BCUT2D eigenvalue weighted by Gasteiger charge is 2.32. The summed E-state index contributed by atoms with van der Waals surface area (Å²) < 4.78 is 26.5. The number of aromatic nitrogens is 3. The maximum atomic E-state index is 13.2. The number of piperidine rings is 1. The van der Waals surface area contributed by atoms with Gasteiger partial charge in [0.2, 0.25) is 0 Å². The first-order chi connectivity index (χ1) is 15.3. The van der Waals surface area contributed by atoms with E-state index < -0.39 is 15.1 Å². The minimum atomic E-state index is -3.59. The summed E-state index contributed by atoms with van der Waals surface area (Å²) in [4.78, 5) is 37.1. The second-order valence-corrected chi connectivity index (χ2v) is 10.0. The Bertz CT molecular complexity index is 1310. The molecule has 1 amide bonds. The average Bonchev–Trinajstić information content (AvgIpc) is 2.82. The largest absolute Gasteiger partial charge is 0.370 e. The zero-order chi connectivity index (χ0) is 22.9. The van der Waals surface area contributed by atoms with E-state index in [0.29, 0.717) is 54.6 Å². The molecule has 3 aromatic heterocycles. The molecule has 1 aliphatic heterocycles. The first-order valence-electron chi connectivity index (χ1n) is 10.5. The van der Waals surface area contributed by atoms with Gasteiger partial charge in [0, 0.05) is 31.9 Å². The van der Waals surface area contributed by atoms with Crippen molar-refractivity contribution in [2.75, 3.05) is 25.0 Å². The Kier molecular flexibility index (Phi) is 5.96. The predicted molar refractivity (Wildman–Crippen MR) is 122 cm³/mol. The normalized spacial score (nSPS) is 15.1. The smallest absolute Gasteiger partial charge is 0.269 e. The third-order valence-electron chi connectivity index (χ3n) is 5.91. The number of anilines is 1. The van der Waals surface area contributed by atoms with Crippen molar-refractivity contribution in [2.45, 2.75) is 36.3 Å². The van der Waals surface area contributed by atoms with E-state index in [2.05, 4.69) is 25.2 Å². The second kappa shape index (κ2) is 8.70. The van der Waals surface area contributed by atoms with Crippen molar-refractivity contribution in [3.05, 3.63) is 58.3 Å². The highest BCUT2D eigenvalue weighted by Crippen LogP contribution is 2.28. The number of rotatable bonds is 5. The molecule has 0 bridgehead atoms. The molecule has 10 heteroatoms. The lowest BCUT2D eigenvalue weighted by Crippen LogP contribution is -2.39. The number of pyridine rings is 3. The van der Waals surface area contributed by atoms with Gasteiger partial charge in [-0.15, -0.1) is 0 Å². The lowest BCUT2D eigenvalue weighted by molar-refractivity contribution is 0.0958. The maximum absolute atomic E-state index is 13.2. The molecule has 0 radical (unpaired) electrons. The van der Waals surface area contributed by atoms with Crippen molar-refractivity contribution in [1.29, 1.82) is 0 Å². The zero-order valence-corrected chi connectivity index (χ0v) is 18.8. The molecule has 1 aliphatic rings. The molecule has 0 saturated carbocycles. The van der Waals surface area contributed by atoms with Crippen LogP contribution in [-0.2, 0) is 16.3 Å². The van der Waals surface area contributed by atoms with E-state index in [4.69, 9.17) is 0 Å². The van der Waals surface area contributed by atoms with Gasteiger partial charge >= 0.3 is 0 Å². The van der Waals surface area contributed by atoms with Crippen molar-refractivity contribution < 1.29 is 13.2 Å². The molecule has 168 valence electrons. The topological polar surface area (TPSA) is 125 Å². The van der Waals surface area contributed by atoms with Gasteiger partial charge in [-0.25, -0.2) is 13.4 Å². The molecule has 9 nitrogen and oxygen atoms in total. The van der Waals surface area contributed by atoms with Gasteiger partial charge in [-0.3, -0.25) is 14.6 Å². The van der Waals surface area contributed by atoms with Crippen LogP contribution in [0.4, 0.5) is 5.69 Å². The number of carbonyl (C=O) groups is 1. The van der Waals surface area contributed by atoms with E-state index >= 15 is 0 Å². The standard InChI is InChI=1S/C22H25N5O4S/c1-3-14-10-19-20(26-21(14)28)11-17(13-25-19)32(30,31)16-6-8-27(9-7-16)15-4-5-18(24-12-15)22(29)23-2/h4-5,10-13,16H,3,6-9H2,1-2H3,(H,23,29)(H,26,28). The Morgan fingerprint density at radius 1 is 1.19 bits per heavy atom. The summed E-state index contributed by atoms with van der Waals surface area (Å²) in [6, 6.07) is 6.68. The van der Waals surface area contributed by atoms with Gasteiger partial charge in [0.15, 0.2) is 9.84 Å². The minimum Gasteiger partial charge on any atom is -0.370 e. The highest BCUT2D eigenvalue weighted by atomic mass is 32.2. The van der Waals surface area contributed by atoms with Crippen molar-refractivity contribution in [3.8, 4) is 0 Å². The monoisotopic (exact) mass is 455 g/mol. The molecular formula is C22H25N5O4S. The molecule has 1 fully saturated rings. The van der Waals surface area contributed by atoms with Gasteiger partial charge in [-0.2, -0.15) is 0 Å². The van der Waals surface area contributed by atoms with Crippen LogP contribution in [0, 0.1) is 0 Å². The molecule has 2 N–H and O–H groups in total. The minimum absolute atomic E-state index is 0.125. The van der Waals surface area contributed by atoms with E-state index in [0.717, 1.165) is 5.69 Å². The SMILES string of the molecule is CCc1cc2ncc(S(=O)(=O)C3CCN(c4ccc(C(=O)NC)nc4)CC3)cc2[nH]c1=O. The van der Waals surface area contributed by atoms with Gasteiger partial charge in [0.25, 0.3) is 11.5 Å². The number of aromatic amines is 1. The molecule has 0 unspecified atom stereocenters. The van der Waals surface area contributed by atoms with Crippen molar-refractivity contribution in [3.63, 3.8) is 0 Å². The first-order valence-corrected chi connectivity index (χ1v) is 12.1. The van der Waals surface area contributed by atoms with Gasteiger partial charge in [0.1, 0.15) is 5.69 Å². The van der Waals surface area contributed by atoms with Crippen molar-refractivity contribution >= 4 is 32.5 Å². The third-order valence-corrected chi connectivity index (χ3v) is 8.14. The molecule has 0 spiro atoms. The summed E-state index contributed by atoms with van der Waals surface area (Å²) in [7, 11) is -2.04. The van der Waals surface area contributed by atoms with Crippen LogP contribution >= 0.6 is 0 Å². The molecule has 0 aromatic carbocycles. The molecule has 4 rings (SSSR count). The summed E-state index contributed by atoms with van der Waals surface area (Å²) in [5, 5.41) is 2.00. The lowest BCUT2D eigenvalue weighted by atomic mass is 10.1. The Hall–Kier alpha value is -3.27. The van der Waals surface area contributed by atoms with Crippen molar-refractivity contribution in [1.82, 2.24) is 20.3 Å². The fraction of sp³-hybridized carbons (Fsp3) is 0.364. The molecule has 4 heterocycles. The van der Waals surface area contributed by atoms with Crippen molar-refractivity contribution in [2.24, 2.45) is 0 Å². The van der Waals surface area contributed by atoms with Crippen LogP contribution in [0.25, 0.3) is 11.0 Å². The number of amides is 1. The number of H-pyrrole nitrogens is 1. The van der Waals surface area contributed by atoms with Crippen LogP contribution in [0.2, 0.25) is 0 Å². The average molecular weight is 456 g/mol. The molecule has 0 aliphatic carbocycles. The number of sulfone groups is 1. The van der Waals surface area contributed by atoms with Crippen LogP contribution in [0.3, 0.4) is 0 Å². The number of hydrogen-bond acceptors (Lipinski definition) is 7. The summed E-state index contributed by atoms with van der Waals surface area (Å²) >= 11 is 0. The van der Waals surface area contributed by atoms with E-state index in [1.54, 1.807) is 25.4 Å². The summed E-state index contributed by atoms with van der Waals surface area (Å²) in [5.74, 6) is -0.252. The summed E-state index contributed by atoms with van der Waals surface area (Å²) in [6.45, 7) is 3.00. The van der Waals surface area contributed by atoms with Crippen LogP contribution in [-0.4, -0.2) is 54.7 Å². The summed E-state index contributed by atoms with van der Waals surface area (Å²) in [5.41, 5.74) is 2.58. The van der Waals surface area contributed by atoms with E-state index in [-0.39, 0.29) is 16.4 Å². The van der Waals surface area contributed by atoms with Crippen LogP contribution in [0.15, 0.2) is 46.3 Å². The number of carbonyl (C=O) groups excluding carboxylic acids is 1. The molecule has 32 heavy (non-hydrogen) atoms. The number of fused-ring (bicyclic) bond motifs is 1. The predicted octanol–water partition coefficient (Wildman–Crippen LogP) is 1.68. The van der Waals surface area contributed by atoms with E-state index in [9.17, 15) is 18.0 Å². The third kappa shape index (κ3) is 4.10. The van der Waals surface area contributed by atoms with Gasteiger partial charge in [-0.05, 0) is 43.5 Å². The lowest BCUT2D eigenvalue weighted by Gasteiger charge is -2.33. The van der Waals surface area contributed by atoms with Gasteiger partial charge < -0.3 is 15.2 Å². The second-order valence-electron chi connectivity index (χ2n) is 7.79. The van der Waals surface area contributed by atoms with E-state index in [1.807, 2.05) is 13.0 Å². The molecule has 3 aromatic rings. The number of hydrogen-bond donors (Lipinski definition) is 2. The molecule has 0 atom stereocenters. The Morgan fingerprint density at radius 2 is 1.94 bits per heavy atom. The first kappa shape index (κ1) is 21.9. The quantitative estimate of drug-likeness (QED) is 0.600. The Balaban J connectivity index is 1.50. The number of aryl methyl sites for hydroxylation is 1. The van der Waals surface area contributed by atoms with Crippen LogP contribution in [0.1, 0.15) is 35.8 Å². The summed E-state index contributed by atoms with van der Waals surface area (Å²) in [6.07, 6.45) is 4.51. The number of nitrogens with zero attached hydrogens (tertiary/aromatic N) is 3. The van der Waals surface area contributed by atoms with E-state index in [1.165, 1.54) is 12.3 Å². The maximum Gasteiger partial charge on any atom is 0.269 e. The fourth-order valence-corrected chi connectivity index (χ4v) is 5.67. The Morgan fingerprint density at radius 3 is 2.56 bits per heavy atom. The Labute approximate surface area is 185 Å². The molecule has 1 saturated heterocycles. The zero-order valence-electron chi connectivity index (χ0n) is 18.0. The van der Waals surface area contributed by atoms with Crippen LogP contribution < -0.4 is 15.8 Å². The highest BCUT2D eigenvalue weighted by molar-refractivity contribution is 7.92. The van der Waals surface area contributed by atoms with Crippen LogP contribution in [0.5, 0.6) is 0 Å².